The van der Waals surface area contributed by atoms with Gasteiger partial charge in [-0.25, -0.2) is 0 Å². The standard InChI is InChI=1S/C23H23ClO6S/c1-12-3-2-4-18-16(12)9-15(31-18)8-13-7-14(5-6-17(13)24)23-21(28)19(26)20(27)22(10-25,30-23)11-29-23/h2-7,9,19-21,25-28H,8,10-11H2,1H3/t19-,20-,21+,22-,23-/m0/s1. The van der Waals surface area contributed by atoms with Crippen molar-refractivity contribution in [3.63, 3.8) is 0 Å². The Morgan fingerprint density at radius 2 is 1.94 bits per heavy atom. The third-order valence-corrected chi connectivity index (χ3v) is 7.84. The van der Waals surface area contributed by atoms with Crippen LogP contribution in [0, 0.1) is 6.92 Å². The molecule has 164 valence electrons. The molecule has 2 aliphatic rings. The monoisotopic (exact) mass is 462 g/mol. The number of ether oxygens (including phenoxy) is 2. The maximum atomic E-state index is 10.8. The van der Waals surface area contributed by atoms with Crippen molar-refractivity contribution in [2.45, 2.75) is 43.0 Å². The molecule has 5 atom stereocenters. The summed E-state index contributed by atoms with van der Waals surface area (Å²) in [6.07, 6.45) is -3.97. The Kier molecular flexibility index (Phi) is 5.16. The van der Waals surface area contributed by atoms with Gasteiger partial charge in [0.05, 0.1) is 13.2 Å². The molecule has 0 saturated carbocycles. The molecule has 5 rings (SSSR count). The Labute approximate surface area is 188 Å². The predicted octanol–water partition coefficient (Wildman–Crippen LogP) is 2.48. The van der Waals surface area contributed by atoms with E-state index in [0.29, 0.717) is 17.0 Å². The molecule has 1 aromatic heterocycles. The normalized spacial score (nSPS) is 32.6. The minimum absolute atomic E-state index is 0.160. The van der Waals surface area contributed by atoms with Gasteiger partial charge in [0, 0.05) is 26.6 Å². The van der Waals surface area contributed by atoms with Gasteiger partial charge >= 0.3 is 0 Å². The van der Waals surface area contributed by atoms with Crippen LogP contribution in [0.5, 0.6) is 0 Å². The first-order valence-electron chi connectivity index (χ1n) is 10.1. The maximum absolute atomic E-state index is 10.8. The number of aliphatic hydroxyl groups excluding tert-OH is 4. The molecule has 8 heteroatoms. The maximum Gasteiger partial charge on any atom is 0.225 e. The van der Waals surface area contributed by atoms with E-state index in [1.807, 2.05) is 6.07 Å². The van der Waals surface area contributed by atoms with Gasteiger partial charge in [-0.15, -0.1) is 11.3 Å². The van der Waals surface area contributed by atoms with Crippen LogP contribution in [0.3, 0.4) is 0 Å². The van der Waals surface area contributed by atoms with Crippen LogP contribution in [0.1, 0.15) is 21.6 Å². The van der Waals surface area contributed by atoms with Gasteiger partial charge in [-0.2, -0.15) is 0 Å². The van der Waals surface area contributed by atoms with Crippen molar-refractivity contribution in [1.29, 1.82) is 0 Å². The fourth-order valence-electron chi connectivity index (χ4n) is 4.54. The number of aryl methyl sites for hydroxylation is 1. The summed E-state index contributed by atoms with van der Waals surface area (Å²) in [5.41, 5.74) is 1.00. The van der Waals surface area contributed by atoms with Crippen LogP contribution in [0.15, 0.2) is 42.5 Å². The van der Waals surface area contributed by atoms with E-state index in [9.17, 15) is 20.4 Å². The summed E-state index contributed by atoms with van der Waals surface area (Å²) < 4.78 is 13.0. The molecule has 2 fully saturated rings. The molecule has 2 saturated heterocycles. The largest absolute Gasteiger partial charge is 0.393 e. The first kappa shape index (κ1) is 21.3. The minimum Gasteiger partial charge on any atom is -0.393 e. The van der Waals surface area contributed by atoms with Gasteiger partial charge in [0.25, 0.3) is 0 Å². The van der Waals surface area contributed by atoms with Crippen molar-refractivity contribution in [3.8, 4) is 0 Å². The van der Waals surface area contributed by atoms with Gasteiger partial charge in [0.15, 0.2) is 0 Å². The average Bonchev–Trinajstić information content (AvgIpc) is 3.35. The number of hydrogen-bond donors (Lipinski definition) is 4. The average molecular weight is 463 g/mol. The van der Waals surface area contributed by atoms with Crippen LogP contribution in [0.2, 0.25) is 5.02 Å². The first-order chi connectivity index (χ1) is 14.8. The second-order valence-corrected chi connectivity index (χ2v) is 9.92. The van der Waals surface area contributed by atoms with Crippen molar-refractivity contribution >= 4 is 33.0 Å². The lowest BCUT2D eigenvalue weighted by molar-refractivity contribution is -0.329. The molecule has 0 spiro atoms. The zero-order valence-corrected chi connectivity index (χ0v) is 18.4. The molecule has 6 nitrogen and oxygen atoms in total. The van der Waals surface area contributed by atoms with E-state index in [4.69, 9.17) is 21.1 Å². The van der Waals surface area contributed by atoms with Crippen LogP contribution in [-0.4, -0.2) is 57.6 Å². The number of rotatable bonds is 4. The molecule has 2 bridgehead atoms. The molecular formula is C23H23ClO6S. The van der Waals surface area contributed by atoms with Crippen LogP contribution >= 0.6 is 22.9 Å². The second kappa shape index (κ2) is 7.50. The first-order valence-corrected chi connectivity index (χ1v) is 11.3. The molecule has 3 heterocycles. The molecule has 0 aliphatic carbocycles. The third kappa shape index (κ3) is 3.15. The third-order valence-electron chi connectivity index (χ3n) is 6.37. The van der Waals surface area contributed by atoms with Crippen LogP contribution in [0.4, 0.5) is 0 Å². The summed E-state index contributed by atoms with van der Waals surface area (Å²) in [7, 11) is 0. The molecule has 4 N–H and O–H groups in total. The van der Waals surface area contributed by atoms with Crippen molar-refractivity contribution in [2.24, 2.45) is 0 Å². The van der Waals surface area contributed by atoms with Crippen molar-refractivity contribution in [2.75, 3.05) is 13.2 Å². The fourth-order valence-corrected chi connectivity index (χ4v) is 5.88. The van der Waals surface area contributed by atoms with Gasteiger partial charge in [0.2, 0.25) is 5.79 Å². The Balaban J connectivity index is 1.53. The van der Waals surface area contributed by atoms with E-state index < -0.39 is 36.3 Å². The van der Waals surface area contributed by atoms with Crippen LogP contribution < -0.4 is 0 Å². The number of fused-ring (bicyclic) bond motifs is 3. The number of hydrogen-bond acceptors (Lipinski definition) is 7. The zero-order chi connectivity index (χ0) is 22.0. The number of benzene rings is 2. The molecule has 31 heavy (non-hydrogen) atoms. The topological polar surface area (TPSA) is 99.4 Å². The minimum atomic E-state index is -1.70. The summed E-state index contributed by atoms with van der Waals surface area (Å²) in [6.45, 7) is 1.37. The summed E-state index contributed by atoms with van der Waals surface area (Å²) in [4.78, 5) is 1.14. The predicted molar refractivity (Wildman–Crippen MR) is 117 cm³/mol. The van der Waals surface area contributed by atoms with Gasteiger partial charge < -0.3 is 29.9 Å². The Bertz CT molecular complexity index is 1150. The van der Waals surface area contributed by atoms with E-state index in [2.05, 4.69) is 25.1 Å². The molecule has 2 aromatic carbocycles. The van der Waals surface area contributed by atoms with Crippen molar-refractivity contribution in [1.82, 2.24) is 0 Å². The number of aliphatic hydroxyl groups is 4. The smallest absolute Gasteiger partial charge is 0.225 e. The Hall–Kier alpha value is -1.55. The lowest BCUT2D eigenvalue weighted by Gasteiger charge is -2.46. The Morgan fingerprint density at radius 3 is 2.68 bits per heavy atom. The van der Waals surface area contributed by atoms with Crippen molar-refractivity contribution in [3.05, 3.63) is 69.1 Å². The number of thiophene rings is 1. The van der Waals surface area contributed by atoms with Gasteiger partial charge in [0.1, 0.15) is 23.9 Å². The quantitative estimate of drug-likeness (QED) is 0.475. The SMILES string of the molecule is Cc1cccc2sc(Cc3cc([C@]45OC[C@](CO)(O4)[C@@H](O)[C@H](O)[C@H]5O)ccc3Cl)cc12. The lowest BCUT2D eigenvalue weighted by Crippen LogP contribution is -2.65. The summed E-state index contributed by atoms with van der Waals surface area (Å²) >= 11 is 8.19. The van der Waals surface area contributed by atoms with E-state index in [1.165, 1.54) is 15.6 Å². The van der Waals surface area contributed by atoms with Gasteiger partial charge in [-0.05, 0) is 47.7 Å². The summed E-state index contributed by atoms with van der Waals surface area (Å²) in [5, 5.41) is 43.1. The lowest BCUT2D eigenvalue weighted by atomic mass is 9.83. The van der Waals surface area contributed by atoms with Crippen LogP contribution in [0.25, 0.3) is 10.1 Å². The molecular weight excluding hydrogens is 440 g/mol. The van der Waals surface area contributed by atoms with Crippen LogP contribution in [-0.2, 0) is 21.7 Å². The molecule has 2 aliphatic heterocycles. The van der Waals surface area contributed by atoms with E-state index in [-0.39, 0.29) is 6.61 Å². The van der Waals surface area contributed by atoms with E-state index in [1.54, 1.807) is 29.5 Å². The van der Waals surface area contributed by atoms with E-state index >= 15 is 0 Å². The Morgan fingerprint density at radius 1 is 1.13 bits per heavy atom. The van der Waals surface area contributed by atoms with E-state index in [0.717, 1.165) is 10.4 Å². The second-order valence-electron chi connectivity index (χ2n) is 8.34. The van der Waals surface area contributed by atoms with Gasteiger partial charge in [-0.1, -0.05) is 29.8 Å². The molecule has 0 radical (unpaired) electrons. The highest BCUT2D eigenvalue weighted by atomic mass is 35.5. The molecule has 0 unspecified atom stereocenters. The number of halogens is 1. The highest BCUT2D eigenvalue weighted by Gasteiger charge is 2.67. The van der Waals surface area contributed by atoms with Gasteiger partial charge in [-0.3, -0.25) is 0 Å². The summed E-state index contributed by atoms with van der Waals surface area (Å²) in [5.74, 6) is -1.70. The molecule has 0 amide bonds. The summed E-state index contributed by atoms with van der Waals surface area (Å²) in [6, 6.07) is 13.5. The fraction of sp³-hybridized carbons (Fsp3) is 0.391. The molecule has 3 aromatic rings. The zero-order valence-electron chi connectivity index (χ0n) is 16.8. The highest BCUT2D eigenvalue weighted by Crippen LogP contribution is 2.50. The van der Waals surface area contributed by atoms with Crippen molar-refractivity contribution < 1.29 is 29.9 Å². The highest BCUT2D eigenvalue weighted by molar-refractivity contribution is 7.19.